The van der Waals surface area contributed by atoms with Crippen molar-refractivity contribution in [3.63, 3.8) is 0 Å². The summed E-state index contributed by atoms with van der Waals surface area (Å²) in [7, 11) is 0. The van der Waals surface area contributed by atoms with E-state index in [0.29, 0.717) is 17.1 Å². The fourth-order valence-corrected chi connectivity index (χ4v) is 4.05. The molecule has 0 atom stereocenters. The second kappa shape index (κ2) is 6.78. The largest absolute Gasteiger partial charge is 0.354 e. The van der Waals surface area contributed by atoms with Crippen LogP contribution in [0, 0.1) is 5.82 Å². The minimum atomic E-state index is -0.279. The summed E-state index contributed by atoms with van der Waals surface area (Å²) in [6, 6.07) is 5.57. The van der Waals surface area contributed by atoms with Crippen molar-refractivity contribution in [3.8, 4) is 0 Å². The third-order valence-electron chi connectivity index (χ3n) is 5.22. The summed E-state index contributed by atoms with van der Waals surface area (Å²) in [5.74, 6) is -0.219. The van der Waals surface area contributed by atoms with E-state index in [-0.39, 0.29) is 17.1 Å². The molecule has 2 fully saturated rings. The van der Waals surface area contributed by atoms with E-state index in [1.807, 2.05) is 6.07 Å². The molecule has 0 radical (unpaired) electrons. The summed E-state index contributed by atoms with van der Waals surface area (Å²) >= 11 is 6.24. The van der Waals surface area contributed by atoms with Crippen molar-refractivity contribution >= 4 is 17.5 Å². The smallest absolute Gasteiger partial charge is 0.217 e. The van der Waals surface area contributed by atoms with Gasteiger partial charge in [-0.25, -0.2) is 4.39 Å². The molecule has 5 heteroatoms. The Morgan fingerprint density at radius 2 is 1.91 bits per heavy atom. The van der Waals surface area contributed by atoms with E-state index in [0.717, 1.165) is 50.6 Å². The molecule has 1 aromatic carbocycles. The Hall–Kier alpha value is -1.13. The van der Waals surface area contributed by atoms with E-state index in [4.69, 9.17) is 11.6 Å². The molecule has 3 rings (SSSR count). The molecule has 0 bridgehead atoms. The maximum atomic E-state index is 13.2. The molecule has 0 spiro atoms. The molecule has 0 aliphatic heterocycles. The average Bonchev–Trinajstić information content (AvgIpc) is 3.27. The minimum Gasteiger partial charge on any atom is -0.354 e. The van der Waals surface area contributed by atoms with Crippen LogP contribution >= 0.6 is 11.6 Å². The third kappa shape index (κ3) is 4.04. The standard InChI is InChI=1S/C18H24ClFN2O/c1-12(23)22-15-5-3-14(4-6-15)21-11-18(8-9-18)16-7-2-13(20)10-17(16)19/h2,7,10,14-15,21H,3-6,8-9,11H2,1H3,(H,22,23). The SMILES string of the molecule is CC(=O)NC1CCC(NCC2(c3ccc(F)cc3Cl)CC2)CC1. The van der Waals surface area contributed by atoms with Crippen LogP contribution in [0.1, 0.15) is 51.0 Å². The molecule has 0 unspecified atom stereocenters. The number of carbonyl (C=O) groups is 1. The lowest BCUT2D eigenvalue weighted by atomic mass is 9.89. The van der Waals surface area contributed by atoms with Crippen LogP contribution in [0.2, 0.25) is 5.02 Å². The molecule has 3 nitrogen and oxygen atoms in total. The van der Waals surface area contributed by atoms with Gasteiger partial charge < -0.3 is 10.6 Å². The lowest BCUT2D eigenvalue weighted by Crippen LogP contribution is -2.43. The number of rotatable bonds is 5. The lowest BCUT2D eigenvalue weighted by molar-refractivity contribution is -0.119. The highest BCUT2D eigenvalue weighted by molar-refractivity contribution is 6.31. The summed E-state index contributed by atoms with van der Waals surface area (Å²) in [4.78, 5) is 11.1. The highest BCUT2D eigenvalue weighted by Crippen LogP contribution is 2.50. The first-order valence-electron chi connectivity index (χ1n) is 8.44. The van der Waals surface area contributed by atoms with Gasteiger partial charge in [-0.1, -0.05) is 17.7 Å². The van der Waals surface area contributed by atoms with Crippen LogP contribution in [0.5, 0.6) is 0 Å². The second-order valence-corrected chi connectivity index (χ2v) is 7.44. The average molecular weight is 339 g/mol. The van der Waals surface area contributed by atoms with Crippen LogP contribution in [0.3, 0.4) is 0 Å². The van der Waals surface area contributed by atoms with Crippen molar-refractivity contribution in [3.05, 3.63) is 34.6 Å². The Morgan fingerprint density at radius 1 is 1.26 bits per heavy atom. The Balaban J connectivity index is 1.52. The van der Waals surface area contributed by atoms with Crippen molar-refractivity contribution in [2.75, 3.05) is 6.54 Å². The van der Waals surface area contributed by atoms with Gasteiger partial charge in [0.15, 0.2) is 0 Å². The number of amides is 1. The topological polar surface area (TPSA) is 41.1 Å². The molecule has 126 valence electrons. The molecule has 2 saturated carbocycles. The monoisotopic (exact) mass is 338 g/mol. The van der Waals surface area contributed by atoms with Crippen molar-refractivity contribution in [1.82, 2.24) is 10.6 Å². The third-order valence-corrected chi connectivity index (χ3v) is 5.53. The van der Waals surface area contributed by atoms with Crippen LogP contribution in [0.4, 0.5) is 4.39 Å². The van der Waals surface area contributed by atoms with E-state index in [1.54, 1.807) is 6.92 Å². The van der Waals surface area contributed by atoms with Gasteiger partial charge in [0, 0.05) is 36.0 Å². The molecule has 2 aliphatic rings. The molecular formula is C18H24ClFN2O. The Labute approximate surface area is 142 Å². The minimum absolute atomic E-state index is 0.0595. The molecule has 2 N–H and O–H groups in total. The molecular weight excluding hydrogens is 315 g/mol. The Kier molecular flexibility index (Phi) is 4.93. The molecule has 2 aliphatic carbocycles. The van der Waals surface area contributed by atoms with Gasteiger partial charge in [0.25, 0.3) is 0 Å². The molecule has 23 heavy (non-hydrogen) atoms. The van der Waals surface area contributed by atoms with Crippen LogP contribution in [0.15, 0.2) is 18.2 Å². The first kappa shape index (κ1) is 16.7. The number of benzene rings is 1. The number of carbonyl (C=O) groups excluding carboxylic acids is 1. The van der Waals surface area contributed by atoms with Gasteiger partial charge in [0.05, 0.1) is 0 Å². The maximum absolute atomic E-state index is 13.2. The van der Waals surface area contributed by atoms with Crippen molar-refractivity contribution in [2.45, 2.75) is 62.9 Å². The van der Waals surface area contributed by atoms with Crippen molar-refractivity contribution < 1.29 is 9.18 Å². The van der Waals surface area contributed by atoms with E-state index < -0.39 is 0 Å². The highest BCUT2D eigenvalue weighted by Gasteiger charge is 2.45. The van der Waals surface area contributed by atoms with Gasteiger partial charge in [0.1, 0.15) is 5.82 Å². The van der Waals surface area contributed by atoms with Crippen LogP contribution in [-0.2, 0) is 10.2 Å². The van der Waals surface area contributed by atoms with E-state index >= 15 is 0 Å². The molecule has 0 saturated heterocycles. The van der Waals surface area contributed by atoms with E-state index in [9.17, 15) is 9.18 Å². The fourth-order valence-electron chi connectivity index (χ4n) is 3.68. The molecule has 1 aromatic rings. The van der Waals surface area contributed by atoms with Gasteiger partial charge in [0.2, 0.25) is 5.91 Å². The number of hydrogen-bond acceptors (Lipinski definition) is 2. The normalized spacial score (nSPS) is 25.9. The fraction of sp³-hybridized carbons (Fsp3) is 0.611. The summed E-state index contributed by atoms with van der Waals surface area (Å²) in [6.07, 6.45) is 6.43. The van der Waals surface area contributed by atoms with Crippen LogP contribution in [-0.4, -0.2) is 24.5 Å². The molecule has 1 amide bonds. The molecule has 0 aromatic heterocycles. The van der Waals surface area contributed by atoms with Crippen molar-refractivity contribution in [1.29, 1.82) is 0 Å². The zero-order chi connectivity index (χ0) is 16.4. The summed E-state index contributed by atoms with van der Waals surface area (Å²) in [6.45, 7) is 2.47. The number of hydrogen-bond donors (Lipinski definition) is 2. The predicted octanol–water partition coefficient (Wildman–Crippen LogP) is 3.55. The first-order valence-corrected chi connectivity index (χ1v) is 8.82. The zero-order valence-corrected chi connectivity index (χ0v) is 14.3. The van der Waals surface area contributed by atoms with Gasteiger partial charge in [-0.3, -0.25) is 4.79 Å². The van der Waals surface area contributed by atoms with Crippen LogP contribution < -0.4 is 10.6 Å². The number of halogens is 2. The Bertz CT molecular complexity index is 580. The quantitative estimate of drug-likeness (QED) is 0.862. The van der Waals surface area contributed by atoms with E-state index in [2.05, 4.69) is 10.6 Å². The molecule has 0 heterocycles. The Morgan fingerprint density at radius 3 is 2.48 bits per heavy atom. The summed E-state index contributed by atoms with van der Waals surface area (Å²) in [5, 5.41) is 7.22. The van der Waals surface area contributed by atoms with Gasteiger partial charge in [-0.05, 0) is 56.2 Å². The number of nitrogens with one attached hydrogen (secondary N) is 2. The van der Waals surface area contributed by atoms with Crippen LogP contribution in [0.25, 0.3) is 0 Å². The lowest BCUT2D eigenvalue weighted by Gasteiger charge is -2.31. The van der Waals surface area contributed by atoms with Gasteiger partial charge in [-0.15, -0.1) is 0 Å². The summed E-state index contributed by atoms with van der Waals surface area (Å²) < 4.78 is 13.2. The predicted molar refractivity (Wildman–Crippen MR) is 90.2 cm³/mol. The first-order chi connectivity index (χ1) is 11.0. The van der Waals surface area contributed by atoms with Gasteiger partial charge in [-0.2, -0.15) is 0 Å². The second-order valence-electron chi connectivity index (χ2n) is 7.03. The maximum Gasteiger partial charge on any atom is 0.217 e. The summed E-state index contributed by atoms with van der Waals surface area (Å²) in [5.41, 5.74) is 1.15. The van der Waals surface area contributed by atoms with Crippen molar-refractivity contribution in [2.24, 2.45) is 0 Å². The highest BCUT2D eigenvalue weighted by atomic mass is 35.5. The van der Waals surface area contributed by atoms with E-state index in [1.165, 1.54) is 12.1 Å². The zero-order valence-electron chi connectivity index (χ0n) is 13.5. The van der Waals surface area contributed by atoms with Gasteiger partial charge >= 0.3 is 0 Å².